The zero-order chi connectivity index (χ0) is 11.6. The second-order valence-corrected chi connectivity index (χ2v) is 3.84. The van der Waals surface area contributed by atoms with Crippen molar-refractivity contribution in [3.8, 4) is 0 Å². The van der Waals surface area contributed by atoms with E-state index in [4.69, 9.17) is 0 Å². The Morgan fingerprint density at radius 3 is 2.53 bits per heavy atom. The summed E-state index contributed by atoms with van der Waals surface area (Å²) in [4.78, 5) is 7.44. The lowest BCUT2D eigenvalue weighted by Crippen LogP contribution is -2.19. The van der Waals surface area contributed by atoms with Gasteiger partial charge in [-0.2, -0.15) is 8.78 Å². The van der Waals surface area contributed by atoms with Crippen LogP contribution in [0.25, 0.3) is 0 Å². The van der Waals surface area contributed by atoms with E-state index in [0.717, 1.165) is 6.33 Å². The number of halogens is 2. The van der Waals surface area contributed by atoms with E-state index < -0.39 is 5.92 Å². The maximum absolute atomic E-state index is 13.7. The summed E-state index contributed by atoms with van der Waals surface area (Å²) in [6.07, 6.45) is 2.57. The lowest BCUT2D eigenvalue weighted by molar-refractivity contribution is 0.0322. The topological polar surface area (TPSA) is 25.8 Å². The smallest absolute Gasteiger partial charge is 0.244 e. The third-order valence-corrected chi connectivity index (χ3v) is 2.20. The molecule has 0 spiro atoms. The maximum Gasteiger partial charge on any atom is 0.310 e. The first-order valence-electron chi connectivity index (χ1n) is 4.71. The van der Waals surface area contributed by atoms with Crippen LogP contribution in [0.4, 0.5) is 8.78 Å². The van der Waals surface area contributed by atoms with Gasteiger partial charge >= 0.3 is 5.92 Å². The van der Waals surface area contributed by atoms with E-state index in [1.807, 2.05) is 13.8 Å². The first-order valence-corrected chi connectivity index (χ1v) is 4.71. The maximum atomic E-state index is 13.7. The number of hydrogen-bond donors (Lipinski definition) is 0. The number of nitrogens with zero attached hydrogens (tertiary/aromatic N) is 2. The van der Waals surface area contributed by atoms with Crippen LogP contribution in [0.2, 0.25) is 0 Å². The Morgan fingerprint density at radius 1 is 1.47 bits per heavy atom. The number of hydrogen-bond acceptors (Lipinski definition) is 2. The van der Waals surface area contributed by atoms with E-state index >= 15 is 0 Å². The van der Waals surface area contributed by atoms with Gasteiger partial charge in [0.1, 0.15) is 12.0 Å². The molecule has 1 heterocycles. The minimum atomic E-state index is -3.08. The molecular weight excluding hydrogens is 198 g/mol. The Hall–Kier alpha value is -1.32. The Morgan fingerprint density at radius 2 is 2.07 bits per heavy atom. The molecule has 0 unspecified atom stereocenters. The van der Waals surface area contributed by atoms with E-state index in [0.29, 0.717) is 5.56 Å². The van der Waals surface area contributed by atoms with Gasteiger partial charge in [0.15, 0.2) is 0 Å². The van der Waals surface area contributed by atoms with Crippen molar-refractivity contribution in [3.05, 3.63) is 35.9 Å². The van der Waals surface area contributed by atoms with Gasteiger partial charge in [-0.3, -0.25) is 0 Å². The Balaban J connectivity index is 3.30. The number of aromatic nitrogens is 2. The summed E-state index contributed by atoms with van der Waals surface area (Å²) in [6, 6.07) is 0. The minimum Gasteiger partial charge on any atom is -0.244 e. The first-order chi connectivity index (χ1) is 6.87. The molecule has 0 radical (unpaired) electrons. The number of alkyl halides is 2. The predicted molar refractivity (Wildman–Crippen MR) is 54.8 cm³/mol. The van der Waals surface area contributed by atoms with Gasteiger partial charge < -0.3 is 0 Å². The van der Waals surface area contributed by atoms with E-state index in [1.165, 1.54) is 13.1 Å². The molecule has 0 saturated heterocycles. The van der Waals surface area contributed by atoms with Gasteiger partial charge in [0.05, 0.1) is 0 Å². The molecule has 1 aromatic heterocycles. The summed E-state index contributed by atoms with van der Waals surface area (Å²) in [5.41, 5.74) is 0.0219. The van der Waals surface area contributed by atoms with Crippen molar-refractivity contribution in [2.45, 2.75) is 32.6 Å². The molecule has 0 fully saturated rings. The molecule has 0 bridgehead atoms. The highest BCUT2D eigenvalue weighted by Gasteiger charge is 2.37. The van der Waals surface area contributed by atoms with Gasteiger partial charge in [-0.15, -0.1) is 0 Å². The molecule has 82 valence electrons. The van der Waals surface area contributed by atoms with E-state index in [-0.39, 0.29) is 17.2 Å². The molecule has 4 heteroatoms. The molecule has 1 aromatic rings. The standard InChI is InChI=1S/C11H14F2N2/c1-7(2)9-5-14-6-15-10(9)11(12,13)8(3)4/h5-7H,3H2,1-2,4H3. The molecule has 0 amide bonds. The van der Waals surface area contributed by atoms with Crippen molar-refractivity contribution < 1.29 is 8.78 Å². The van der Waals surface area contributed by atoms with Crippen molar-refractivity contribution in [2.75, 3.05) is 0 Å². The first kappa shape index (κ1) is 11.8. The van der Waals surface area contributed by atoms with Crippen LogP contribution in [-0.2, 0) is 5.92 Å². The molecule has 1 rings (SSSR count). The second kappa shape index (κ2) is 4.04. The largest absolute Gasteiger partial charge is 0.310 e. The normalized spacial score (nSPS) is 11.9. The molecule has 0 aromatic carbocycles. The van der Waals surface area contributed by atoms with E-state index in [2.05, 4.69) is 16.5 Å². The van der Waals surface area contributed by atoms with Crippen LogP contribution in [-0.4, -0.2) is 9.97 Å². The SMILES string of the molecule is C=C(C)C(F)(F)c1ncncc1C(C)C. The fraction of sp³-hybridized carbons (Fsp3) is 0.455. The fourth-order valence-electron chi connectivity index (χ4n) is 1.23. The summed E-state index contributed by atoms with van der Waals surface area (Å²) in [7, 11) is 0. The van der Waals surface area contributed by atoms with Crippen molar-refractivity contribution in [1.29, 1.82) is 0 Å². The van der Waals surface area contributed by atoms with E-state index in [9.17, 15) is 8.78 Å². The van der Waals surface area contributed by atoms with Crippen LogP contribution in [0.1, 0.15) is 37.9 Å². The number of allylic oxidation sites excluding steroid dienone is 1. The van der Waals surface area contributed by atoms with Crippen LogP contribution in [0.15, 0.2) is 24.7 Å². The molecule has 0 aliphatic rings. The molecule has 0 N–H and O–H groups in total. The zero-order valence-electron chi connectivity index (χ0n) is 9.09. The third-order valence-electron chi connectivity index (χ3n) is 2.20. The number of rotatable bonds is 3. The predicted octanol–water partition coefficient (Wildman–Crippen LogP) is 3.27. The Labute approximate surface area is 88.1 Å². The lowest BCUT2D eigenvalue weighted by Gasteiger charge is -2.19. The van der Waals surface area contributed by atoms with Crippen LogP contribution in [0.5, 0.6) is 0 Å². The van der Waals surface area contributed by atoms with Crippen LogP contribution in [0.3, 0.4) is 0 Å². The lowest BCUT2D eigenvalue weighted by atomic mass is 9.97. The molecule has 15 heavy (non-hydrogen) atoms. The summed E-state index contributed by atoms with van der Waals surface area (Å²) < 4.78 is 27.4. The molecule has 0 aliphatic carbocycles. The summed E-state index contributed by atoms with van der Waals surface area (Å²) in [5, 5.41) is 0. The van der Waals surface area contributed by atoms with Gasteiger partial charge in [0.2, 0.25) is 0 Å². The molecular formula is C11H14F2N2. The highest BCUT2D eigenvalue weighted by molar-refractivity contribution is 5.29. The Kier molecular flexibility index (Phi) is 3.17. The van der Waals surface area contributed by atoms with Crippen LogP contribution < -0.4 is 0 Å². The van der Waals surface area contributed by atoms with Gasteiger partial charge in [-0.05, 0) is 18.4 Å². The van der Waals surface area contributed by atoms with Gasteiger partial charge in [-0.25, -0.2) is 9.97 Å². The van der Waals surface area contributed by atoms with Crippen LogP contribution >= 0.6 is 0 Å². The summed E-state index contributed by atoms with van der Waals surface area (Å²) in [5.74, 6) is -3.12. The molecule has 0 atom stereocenters. The zero-order valence-corrected chi connectivity index (χ0v) is 9.09. The summed E-state index contributed by atoms with van der Waals surface area (Å²) in [6.45, 7) is 8.25. The van der Waals surface area contributed by atoms with Gasteiger partial charge in [-0.1, -0.05) is 20.4 Å². The Bertz CT molecular complexity index is 373. The summed E-state index contributed by atoms with van der Waals surface area (Å²) >= 11 is 0. The van der Waals surface area contributed by atoms with Crippen LogP contribution in [0, 0.1) is 0 Å². The van der Waals surface area contributed by atoms with Crippen molar-refractivity contribution >= 4 is 0 Å². The second-order valence-electron chi connectivity index (χ2n) is 3.84. The average Bonchev–Trinajstić information content (AvgIpc) is 2.17. The van der Waals surface area contributed by atoms with Crippen molar-refractivity contribution in [3.63, 3.8) is 0 Å². The molecule has 2 nitrogen and oxygen atoms in total. The highest BCUT2D eigenvalue weighted by atomic mass is 19.3. The minimum absolute atomic E-state index is 0.0357. The highest BCUT2D eigenvalue weighted by Crippen LogP contribution is 2.36. The quantitative estimate of drug-likeness (QED) is 0.718. The average molecular weight is 212 g/mol. The third kappa shape index (κ3) is 2.19. The molecule has 0 aliphatic heterocycles. The van der Waals surface area contributed by atoms with E-state index in [1.54, 1.807) is 0 Å². The fourth-order valence-corrected chi connectivity index (χ4v) is 1.23. The molecule has 0 saturated carbocycles. The van der Waals surface area contributed by atoms with Gasteiger partial charge in [0, 0.05) is 11.8 Å². The van der Waals surface area contributed by atoms with Crippen molar-refractivity contribution in [2.24, 2.45) is 0 Å². The van der Waals surface area contributed by atoms with Gasteiger partial charge in [0.25, 0.3) is 0 Å². The monoisotopic (exact) mass is 212 g/mol. The van der Waals surface area contributed by atoms with Crippen molar-refractivity contribution in [1.82, 2.24) is 9.97 Å².